The first kappa shape index (κ1) is 33.3. The highest BCUT2D eigenvalue weighted by Crippen LogP contribution is 2.42. The van der Waals surface area contributed by atoms with Gasteiger partial charge in [0.05, 0.1) is 12.6 Å². The van der Waals surface area contributed by atoms with E-state index in [1.165, 1.54) is 17.5 Å². The molecule has 1 aliphatic heterocycles. The van der Waals surface area contributed by atoms with Crippen LogP contribution in [0.1, 0.15) is 100.0 Å². The molecular formula is C36H48ClN3O5. The molecule has 45 heavy (non-hydrogen) atoms. The topological polar surface area (TPSA) is 117 Å². The minimum absolute atomic E-state index is 0.0527. The van der Waals surface area contributed by atoms with Crippen molar-refractivity contribution in [2.24, 2.45) is 11.8 Å². The molecule has 9 heteroatoms. The van der Waals surface area contributed by atoms with Gasteiger partial charge in [-0.05, 0) is 78.8 Å². The molecule has 8 nitrogen and oxygen atoms in total. The third-order valence-corrected chi connectivity index (χ3v) is 10.3. The number of aliphatic hydroxyl groups excluding tert-OH is 1. The molecule has 3 aliphatic rings. The molecule has 1 saturated carbocycles. The number of amides is 3. The maximum Gasteiger partial charge on any atom is 0.408 e. The van der Waals surface area contributed by atoms with Gasteiger partial charge in [-0.25, -0.2) is 4.79 Å². The second kappa shape index (κ2) is 15.0. The first-order chi connectivity index (χ1) is 21.6. The van der Waals surface area contributed by atoms with E-state index in [1.807, 2.05) is 44.2 Å². The van der Waals surface area contributed by atoms with E-state index in [9.17, 15) is 19.5 Å². The Balaban J connectivity index is 1.36. The molecule has 4 atom stereocenters. The Morgan fingerprint density at radius 1 is 1.00 bits per heavy atom. The Bertz CT molecular complexity index is 1360. The first-order valence-electron chi connectivity index (χ1n) is 16.7. The fraction of sp³-hybridized carbons (Fsp3) is 0.583. The van der Waals surface area contributed by atoms with Crippen molar-refractivity contribution < 1.29 is 24.2 Å². The highest BCUT2D eigenvalue weighted by Gasteiger charge is 2.38. The largest absolute Gasteiger partial charge is 0.440 e. The summed E-state index contributed by atoms with van der Waals surface area (Å²) in [7, 11) is 0. The van der Waals surface area contributed by atoms with Gasteiger partial charge in [-0.15, -0.1) is 0 Å². The molecule has 1 heterocycles. The van der Waals surface area contributed by atoms with E-state index in [4.69, 9.17) is 16.3 Å². The van der Waals surface area contributed by atoms with Crippen molar-refractivity contribution in [3.63, 3.8) is 0 Å². The average molecular weight is 638 g/mol. The molecule has 3 unspecified atom stereocenters. The molecule has 2 fully saturated rings. The van der Waals surface area contributed by atoms with Crippen LogP contribution in [0.5, 0.6) is 0 Å². The van der Waals surface area contributed by atoms with Gasteiger partial charge in [-0.2, -0.15) is 0 Å². The second-order valence-corrected chi connectivity index (χ2v) is 14.2. The lowest BCUT2D eigenvalue weighted by Crippen LogP contribution is -2.52. The molecule has 5 rings (SSSR count). The fourth-order valence-electron chi connectivity index (χ4n) is 7.39. The number of alkyl carbamates (subject to hydrolysis) is 1. The Morgan fingerprint density at radius 2 is 1.78 bits per heavy atom. The van der Waals surface area contributed by atoms with E-state index >= 15 is 0 Å². The normalized spacial score (nSPS) is 20.5. The van der Waals surface area contributed by atoms with Gasteiger partial charge in [0.1, 0.15) is 12.1 Å². The van der Waals surface area contributed by atoms with Crippen LogP contribution in [0.25, 0.3) is 0 Å². The molecule has 244 valence electrons. The third kappa shape index (κ3) is 8.39. The van der Waals surface area contributed by atoms with E-state index in [0.717, 1.165) is 56.1 Å². The lowest BCUT2D eigenvalue weighted by Gasteiger charge is -2.36. The molecule has 0 aromatic heterocycles. The van der Waals surface area contributed by atoms with Crippen LogP contribution in [0.15, 0.2) is 42.5 Å². The number of carbonyl (C=O) groups is 3. The Kier molecular flexibility index (Phi) is 11.1. The minimum atomic E-state index is -0.831. The number of aliphatic hydroxyl groups is 1. The van der Waals surface area contributed by atoms with Crippen molar-refractivity contribution in [1.29, 1.82) is 0 Å². The van der Waals surface area contributed by atoms with Crippen molar-refractivity contribution in [1.82, 2.24) is 16.0 Å². The van der Waals surface area contributed by atoms with Gasteiger partial charge >= 0.3 is 6.09 Å². The van der Waals surface area contributed by atoms with Crippen LogP contribution in [0.2, 0.25) is 5.02 Å². The van der Waals surface area contributed by atoms with E-state index in [0.29, 0.717) is 36.7 Å². The predicted molar refractivity (Wildman–Crippen MR) is 175 cm³/mol. The van der Waals surface area contributed by atoms with Crippen molar-refractivity contribution in [3.8, 4) is 0 Å². The number of hydrogen-bond acceptors (Lipinski definition) is 5. The number of nitrogens with one attached hydrogen (secondary N) is 3. The van der Waals surface area contributed by atoms with Gasteiger partial charge < -0.3 is 25.8 Å². The van der Waals surface area contributed by atoms with Gasteiger partial charge in [0, 0.05) is 22.9 Å². The van der Waals surface area contributed by atoms with Gasteiger partial charge in [0.2, 0.25) is 11.8 Å². The number of fused-ring (bicyclic) bond motifs is 1. The highest BCUT2D eigenvalue weighted by atomic mass is 35.5. The number of ether oxygens (including phenoxy) is 1. The number of hydrogen-bond donors (Lipinski definition) is 4. The molecular weight excluding hydrogens is 590 g/mol. The van der Waals surface area contributed by atoms with Gasteiger partial charge in [-0.3, -0.25) is 9.59 Å². The maximum atomic E-state index is 13.8. The van der Waals surface area contributed by atoms with Crippen LogP contribution in [0.4, 0.5) is 4.79 Å². The van der Waals surface area contributed by atoms with E-state index in [1.54, 1.807) is 0 Å². The van der Waals surface area contributed by atoms with Crippen LogP contribution in [-0.4, -0.2) is 48.2 Å². The summed E-state index contributed by atoms with van der Waals surface area (Å²) in [5, 5.41) is 19.3. The summed E-state index contributed by atoms with van der Waals surface area (Å²) in [6, 6.07) is 12.5. The zero-order chi connectivity index (χ0) is 32.0. The fourth-order valence-corrected chi connectivity index (χ4v) is 7.58. The van der Waals surface area contributed by atoms with Crippen LogP contribution in [0.3, 0.4) is 0 Å². The summed E-state index contributed by atoms with van der Waals surface area (Å²) < 4.78 is 6.30. The molecule has 2 aromatic rings. The van der Waals surface area contributed by atoms with Crippen molar-refractivity contribution >= 4 is 29.5 Å². The quantitative estimate of drug-likeness (QED) is 0.231. The predicted octanol–water partition coefficient (Wildman–Crippen LogP) is 5.92. The SMILES string of the molecule is CC(C)(c1cccc(Cl)c1)C(OC(=O)NC(CC1CCCCC1)C(=O)NC(CO)C[C@@H]1CCNC1=O)c1ccc2c(c1)CCC2. The Labute approximate surface area is 272 Å². The smallest absolute Gasteiger partial charge is 0.408 e. The van der Waals surface area contributed by atoms with Crippen LogP contribution < -0.4 is 16.0 Å². The van der Waals surface area contributed by atoms with Gasteiger partial charge in [0.25, 0.3) is 0 Å². The zero-order valence-corrected chi connectivity index (χ0v) is 27.3. The molecule has 0 bridgehead atoms. The van der Waals surface area contributed by atoms with Crippen molar-refractivity contribution in [3.05, 3.63) is 69.7 Å². The summed E-state index contributed by atoms with van der Waals surface area (Å²) in [5.41, 5.74) is 3.81. The maximum absolute atomic E-state index is 13.8. The zero-order valence-electron chi connectivity index (χ0n) is 26.6. The third-order valence-electron chi connectivity index (χ3n) is 10.1. The average Bonchev–Trinajstić information content (AvgIpc) is 3.67. The van der Waals surface area contributed by atoms with Gasteiger partial charge in [-0.1, -0.05) is 87.9 Å². The molecule has 0 spiro atoms. The standard InChI is InChI=1S/C36H48ClN3O5/c1-36(2,28-12-7-13-29(37)21-28)32(26-15-14-24-10-6-11-25(24)19-26)45-35(44)40-31(18-23-8-4-3-5-9-23)34(43)39-30(22-41)20-27-16-17-38-33(27)42/h7,12-15,19,21,23,27,30-32,41H,3-6,8-11,16-18,20,22H2,1-2H3,(H,38,42)(H,39,43)(H,40,44)/t27-,30?,31?,32?/m0/s1. The van der Waals surface area contributed by atoms with E-state index in [-0.39, 0.29) is 24.3 Å². The second-order valence-electron chi connectivity index (χ2n) is 13.7. The summed E-state index contributed by atoms with van der Waals surface area (Å²) in [6.45, 7) is 4.40. The first-order valence-corrected chi connectivity index (χ1v) is 17.1. The minimum Gasteiger partial charge on any atom is -0.440 e. The molecule has 2 aromatic carbocycles. The van der Waals surface area contributed by atoms with Crippen molar-refractivity contribution in [2.75, 3.05) is 13.2 Å². The molecule has 1 saturated heterocycles. The number of halogens is 1. The van der Waals surface area contributed by atoms with Crippen LogP contribution in [-0.2, 0) is 32.6 Å². The summed E-state index contributed by atoms with van der Waals surface area (Å²) in [4.78, 5) is 39.7. The Morgan fingerprint density at radius 3 is 2.49 bits per heavy atom. The lowest BCUT2D eigenvalue weighted by atomic mass is 9.76. The van der Waals surface area contributed by atoms with Crippen LogP contribution >= 0.6 is 11.6 Å². The van der Waals surface area contributed by atoms with E-state index in [2.05, 4.69) is 28.1 Å². The lowest BCUT2D eigenvalue weighted by molar-refractivity contribution is -0.126. The summed E-state index contributed by atoms with van der Waals surface area (Å²) in [5.74, 6) is -0.362. The molecule has 4 N–H and O–H groups in total. The number of benzene rings is 2. The number of rotatable bonds is 12. The van der Waals surface area contributed by atoms with Gasteiger partial charge in [0.15, 0.2) is 0 Å². The molecule has 2 aliphatic carbocycles. The van der Waals surface area contributed by atoms with E-state index < -0.39 is 29.7 Å². The molecule has 0 radical (unpaired) electrons. The summed E-state index contributed by atoms with van der Waals surface area (Å²) >= 11 is 6.39. The number of aryl methyl sites for hydroxylation is 2. The highest BCUT2D eigenvalue weighted by molar-refractivity contribution is 6.30. The summed E-state index contributed by atoms with van der Waals surface area (Å²) in [6.07, 6.45) is 8.77. The molecule has 3 amide bonds. The van der Waals surface area contributed by atoms with Crippen LogP contribution in [0, 0.1) is 11.8 Å². The Hall–Kier alpha value is -3.10. The monoisotopic (exact) mass is 637 g/mol. The number of carbonyl (C=O) groups excluding carboxylic acids is 3. The van der Waals surface area contributed by atoms with Crippen molar-refractivity contribution in [2.45, 2.75) is 108 Å².